The lowest BCUT2D eigenvalue weighted by atomic mass is 9.89. The Labute approximate surface area is 62.9 Å². The van der Waals surface area contributed by atoms with Crippen molar-refractivity contribution in [2.75, 3.05) is 0 Å². The lowest BCUT2D eigenvalue weighted by Gasteiger charge is -2.17. The van der Waals surface area contributed by atoms with Crippen LogP contribution in [-0.4, -0.2) is 0 Å². The van der Waals surface area contributed by atoms with E-state index in [0.29, 0.717) is 11.8 Å². The largest absolute Gasteiger partial charge is 0.0985 e. The topological polar surface area (TPSA) is 0 Å². The lowest BCUT2D eigenvalue weighted by Crippen LogP contribution is -2.05. The molecule has 0 aromatic heterocycles. The van der Waals surface area contributed by atoms with E-state index in [4.69, 9.17) is 0 Å². The third kappa shape index (κ3) is 1.38. The van der Waals surface area contributed by atoms with Crippen LogP contribution in [0.5, 0.6) is 0 Å². The number of allylic oxidation sites excluding steroid dienone is 5. The van der Waals surface area contributed by atoms with Crippen LogP contribution in [0.25, 0.3) is 0 Å². The molecule has 0 radical (unpaired) electrons. The summed E-state index contributed by atoms with van der Waals surface area (Å²) < 4.78 is 0. The van der Waals surface area contributed by atoms with E-state index in [1.807, 2.05) is 6.08 Å². The first-order valence-corrected chi connectivity index (χ1v) is 3.76. The zero-order valence-electron chi connectivity index (χ0n) is 6.67. The highest BCUT2D eigenvalue weighted by Gasteiger charge is 2.09. The van der Waals surface area contributed by atoms with Crippen LogP contribution in [0.1, 0.15) is 13.8 Å². The summed E-state index contributed by atoms with van der Waals surface area (Å²) in [5, 5.41) is 0. The van der Waals surface area contributed by atoms with Crippen LogP contribution < -0.4 is 0 Å². The monoisotopic (exact) mass is 134 g/mol. The Morgan fingerprint density at radius 3 is 2.60 bits per heavy atom. The molecule has 0 N–H and O–H groups in total. The van der Waals surface area contributed by atoms with Crippen molar-refractivity contribution < 1.29 is 0 Å². The molecule has 0 heterocycles. The van der Waals surface area contributed by atoms with E-state index in [0.717, 1.165) is 0 Å². The van der Waals surface area contributed by atoms with E-state index < -0.39 is 0 Å². The molecule has 0 unspecified atom stereocenters. The second kappa shape index (κ2) is 2.87. The highest BCUT2D eigenvalue weighted by molar-refractivity contribution is 5.33. The molecule has 0 spiro atoms. The minimum absolute atomic E-state index is 0.665. The van der Waals surface area contributed by atoms with Crippen molar-refractivity contribution in [1.82, 2.24) is 0 Å². The molecular weight excluding hydrogens is 120 g/mol. The minimum atomic E-state index is 0.665. The van der Waals surface area contributed by atoms with Gasteiger partial charge in [-0.05, 0) is 17.4 Å². The van der Waals surface area contributed by atoms with Gasteiger partial charge in [-0.15, -0.1) is 0 Å². The first-order chi connectivity index (χ1) is 4.74. The van der Waals surface area contributed by atoms with Gasteiger partial charge in [-0.25, -0.2) is 0 Å². The van der Waals surface area contributed by atoms with E-state index >= 15 is 0 Å². The standard InChI is InChI=1S/C10H14/c1-4-10-6-5-8(2)9(3)7-10/h4-9H,1H2,2-3H3/t8-,9+/m0/s1. The molecular formula is C10H14. The predicted molar refractivity (Wildman–Crippen MR) is 45.7 cm³/mol. The molecule has 1 rings (SSSR count). The van der Waals surface area contributed by atoms with Crippen molar-refractivity contribution in [2.45, 2.75) is 13.8 Å². The summed E-state index contributed by atoms with van der Waals surface area (Å²) in [6, 6.07) is 0. The van der Waals surface area contributed by atoms with Gasteiger partial charge in [-0.3, -0.25) is 0 Å². The van der Waals surface area contributed by atoms with Crippen molar-refractivity contribution >= 4 is 0 Å². The molecule has 0 aromatic carbocycles. The Morgan fingerprint density at radius 2 is 2.10 bits per heavy atom. The summed E-state index contributed by atoms with van der Waals surface area (Å²) in [6.45, 7) is 8.19. The summed E-state index contributed by atoms with van der Waals surface area (Å²) in [5.74, 6) is 1.35. The number of rotatable bonds is 1. The Balaban J connectivity index is 2.75. The number of hydrogen-bond acceptors (Lipinski definition) is 0. The van der Waals surface area contributed by atoms with Crippen LogP contribution in [0.4, 0.5) is 0 Å². The summed E-state index contributed by atoms with van der Waals surface area (Å²) >= 11 is 0. The highest BCUT2D eigenvalue weighted by Crippen LogP contribution is 2.21. The van der Waals surface area contributed by atoms with Crippen molar-refractivity contribution in [3.63, 3.8) is 0 Å². The summed E-state index contributed by atoms with van der Waals surface area (Å²) in [4.78, 5) is 0. The van der Waals surface area contributed by atoms with Gasteiger partial charge in [0, 0.05) is 0 Å². The average molecular weight is 134 g/mol. The van der Waals surface area contributed by atoms with Gasteiger partial charge < -0.3 is 0 Å². The molecule has 54 valence electrons. The van der Waals surface area contributed by atoms with Gasteiger partial charge in [-0.1, -0.05) is 44.7 Å². The first-order valence-electron chi connectivity index (χ1n) is 3.76. The van der Waals surface area contributed by atoms with Gasteiger partial charge in [-0.2, -0.15) is 0 Å². The molecule has 1 aliphatic carbocycles. The zero-order chi connectivity index (χ0) is 7.56. The molecule has 0 amide bonds. The SMILES string of the molecule is C=CC1=C[C@@H](C)[C@@H](C)C=C1. The van der Waals surface area contributed by atoms with Crippen molar-refractivity contribution in [1.29, 1.82) is 0 Å². The van der Waals surface area contributed by atoms with Crippen molar-refractivity contribution in [2.24, 2.45) is 11.8 Å². The van der Waals surface area contributed by atoms with Gasteiger partial charge >= 0.3 is 0 Å². The Hall–Kier alpha value is -0.780. The third-order valence-corrected chi connectivity index (χ3v) is 2.11. The molecule has 0 heteroatoms. The quantitative estimate of drug-likeness (QED) is 0.517. The number of hydrogen-bond donors (Lipinski definition) is 0. The lowest BCUT2D eigenvalue weighted by molar-refractivity contribution is 0.550. The van der Waals surface area contributed by atoms with Crippen LogP contribution in [0.3, 0.4) is 0 Å². The zero-order valence-corrected chi connectivity index (χ0v) is 6.67. The molecule has 0 nitrogen and oxygen atoms in total. The van der Waals surface area contributed by atoms with E-state index in [2.05, 4.69) is 38.7 Å². The second-order valence-electron chi connectivity index (χ2n) is 2.95. The smallest absolute Gasteiger partial charge is 0.0192 e. The predicted octanol–water partition coefficient (Wildman–Crippen LogP) is 2.94. The van der Waals surface area contributed by atoms with Gasteiger partial charge in [0.05, 0.1) is 0 Å². The van der Waals surface area contributed by atoms with Gasteiger partial charge in [0.25, 0.3) is 0 Å². The van der Waals surface area contributed by atoms with Gasteiger partial charge in [0.1, 0.15) is 0 Å². The molecule has 0 bridgehead atoms. The molecule has 0 aliphatic heterocycles. The Bertz CT molecular complexity index is 184. The molecule has 2 atom stereocenters. The fourth-order valence-electron chi connectivity index (χ4n) is 1.09. The average Bonchev–Trinajstić information content (AvgIpc) is 1.95. The minimum Gasteiger partial charge on any atom is -0.0985 e. The summed E-state index contributed by atoms with van der Waals surface area (Å²) in [6.07, 6.45) is 8.54. The van der Waals surface area contributed by atoms with Crippen LogP contribution >= 0.6 is 0 Å². The highest BCUT2D eigenvalue weighted by atomic mass is 14.1. The summed E-state index contributed by atoms with van der Waals surface area (Å²) in [5.41, 5.74) is 1.26. The third-order valence-electron chi connectivity index (χ3n) is 2.11. The molecule has 0 saturated heterocycles. The van der Waals surface area contributed by atoms with Crippen LogP contribution in [0.2, 0.25) is 0 Å². The van der Waals surface area contributed by atoms with Crippen LogP contribution in [0, 0.1) is 11.8 Å². The van der Waals surface area contributed by atoms with E-state index in [9.17, 15) is 0 Å². The van der Waals surface area contributed by atoms with Crippen LogP contribution in [0.15, 0.2) is 36.5 Å². The maximum absolute atomic E-state index is 3.72. The maximum atomic E-state index is 3.72. The maximum Gasteiger partial charge on any atom is -0.0192 e. The van der Waals surface area contributed by atoms with E-state index in [1.54, 1.807) is 0 Å². The normalized spacial score (nSPS) is 31.6. The van der Waals surface area contributed by atoms with E-state index in [1.165, 1.54) is 5.57 Å². The van der Waals surface area contributed by atoms with Gasteiger partial charge in [0.2, 0.25) is 0 Å². The second-order valence-corrected chi connectivity index (χ2v) is 2.95. The molecule has 0 aromatic rings. The molecule has 0 fully saturated rings. The van der Waals surface area contributed by atoms with E-state index in [-0.39, 0.29) is 0 Å². The van der Waals surface area contributed by atoms with Gasteiger partial charge in [0.15, 0.2) is 0 Å². The first kappa shape index (κ1) is 7.33. The van der Waals surface area contributed by atoms with Crippen molar-refractivity contribution in [3.05, 3.63) is 36.5 Å². The fourth-order valence-corrected chi connectivity index (χ4v) is 1.09. The van der Waals surface area contributed by atoms with Crippen molar-refractivity contribution in [3.8, 4) is 0 Å². The Kier molecular flexibility index (Phi) is 2.10. The fraction of sp³-hybridized carbons (Fsp3) is 0.400. The summed E-state index contributed by atoms with van der Waals surface area (Å²) in [7, 11) is 0. The molecule has 0 saturated carbocycles. The Morgan fingerprint density at radius 1 is 1.40 bits per heavy atom. The van der Waals surface area contributed by atoms with Crippen LogP contribution in [-0.2, 0) is 0 Å². The molecule has 1 aliphatic rings. The molecule has 10 heavy (non-hydrogen) atoms.